The molecule has 1 saturated heterocycles. The van der Waals surface area contributed by atoms with Gasteiger partial charge in [0.15, 0.2) is 16.7 Å². The minimum Gasteiger partial charge on any atom is -0.493 e. The molecule has 5 nitrogen and oxygen atoms in total. The van der Waals surface area contributed by atoms with Crippen molar-refractivity contribution in [2.75, 3.05) is 20.3 Å². The van der Waals surface area contributed by atoms with Gasteiger partial charge in [0.2, 0.25) is 0 Å². The Morgan fingerprint density at radius 3 is 2.57 bits per heavy atom. The van der Waals surface area contributed by atoms with Crippen LogP contribution in [0.15, 0.2) is 52.4 Å². The van der Waals surface area contributed by atoms with Gasteiger partial charge in [0.05, 0.1) is 24.3 Å². The zero-order chi connectivity index (χ0) is 20.1. The highest BCUT2D eigenvalue weighted by Gasteiger charge is 2.32. The standard InChI is InChI=1S/C21H21ClN2O3S/c1-4-24-20(25)18(28-21(24)23-16-11-9-15(22)10-12-16)13-14-7-6-8-17(26-3)19(14)27-5-2/h6-13H,4-5H2,1-3H3/b18-13+,23-21?. The number of para-hydroxylation sites is 1. The van der Waals surface area contributed by atoms with Crippen molar-refractivity contribution in [2.45, 2.75) is 13.8 Å². The van der Waals surface area contributed by atoms with E-state index in [1.165, 1.54) is 11.8 Å². The molecule has 2 aromatic carbocycles. The number of aliphatic imine (C=N–C) groups is 1. The van der Waals surface area contributed by atoms with Gasteiger partial charge in [0.1, 0.15) is 0 Å². The lowest BCUT2D eigenvalue weighted by atomic mass is 10.1. The molecule has 0 spiro atoms. The molecule has 1 amide bonds. The second kappa shape index (κ2) is 9.17. The van der Waals surface area contributed by atoms with E-state index >= 15 is 0 Å². The van der Waals surface area contributed by atoms with Crippen LogP contribution in [0, 0.1) is 0 Å². The molecule has 0 radical (unpaired) electrons. The van der Waals surface area contributed by atoms with E-state index in [1.54, 1.807) is 24.1 Å². The molecule has 0 saturated carbocycles. The van der Waals surface area contributed by atoms with Crippen LogP contribution in [0.25, 0.3) is 6.08 Å². The van der Waals surface area contributed by atoms with Gasteiger partial charge in [0, 0.05) is 17.1 Å². The highest BCUT2D eigenvalue weighted by molar-refractivity contribution is 8.18. The van der Waals surface area contributed by atoms with E-state index in [0.717, 1.165) is 11.3 Å². The number of benzene rings is 2. The van der Waals surface area contributed by atoms with Gasteiger partial charge in [-0.2, -0.15) is 0 Å². The molecular weight excluding hydrogens is 396 g/mol. The van der Waals surface area contributed by atoms with Crippen LogP contribution in [-0.4, -0.2) is 36.2 Å². The summed E-state index contributed by atoms with van der Waals surface area (Å²) in [6.07, 6.45) is 1.83. The summed E-state index contributed by atoms with van der Waals surface area (Å²) >= 11 is 7.28. The number of amides is 1. The van der Waals surface area contributed by atoms with Crippen molar-refractivity contribution in [1.82, 2.24) is 4.90 Å². The molecule has 0 bridgehead atoms. The Balaban J connectivity index is 1.97. The Labute approximate surface area is 174 Å². The highest BCUT2D eigenvalue weighted by atomic mass is 35.5. The molecule has 0 aromatic heterocycles. The molecule has 3 rings (SSSR count). The smallest absolute Gasteiger partial charge is 0.266 e. The average molecular weight is 417 g/mol. The van der Waals surface area contributed by atoms with Crippen LogP contribution in [-0.2, 0) is 4.79 Å². The number of hydrogen-bond donors (Lipinski definition) is 0. The Kier molecular flexibility index (Phi) is 6.65. The zero-order valence-electron chi connectivity index (χ0n) is 15.9. The van der Waals surface area contributed by atoms with Gasteiger partial charge in [-0.1, -0.05) is 23.7 Å². The largest absolute Gasteiger partial charge is 0.493 e. The fourth-order valence-electron chi connectivity index (χ4n) is 2.74. The molecule has 2 aromatic rings. The molecule has 1 aliphatic rings. The van der Waals surface area contributed by atoms with E-state index in [9.17, 15) is 4.79 Å². The number of carbonyl (C=O) groups is 1. The third-order valence-corrected chi connectivity index (χ3v) is 5.32. The third kappa shape index (κ3) is 4.34. The van der Waals surface area contributed by atoms with Crippen LogP contribution >= 0.6 is 23.4 Å². The maximum atomic E-state index is 12.9. The predicted octanol–water partition coefficient (Wildman–Crippen LogP) is 5.37. The fraction of sp³-hybridized carbons (Fsp3) is 0.238. The van der Waals surface area contributed by atoms with Crippen molar-refractivity contribution in [2.24, 2.45) is 4.99 Å². The Hall–Kier alpha value is -2.44. The number of rotatable bonds is 6. The quantitative estimate of drug-likeness (QED) is 0.594. The molecule has 0 N–H and O–H groups in total. The molecule has 0 atom stereocenters. The normalized spacial score (nSPS) is 16.9. The number of ether oxygens (including phenoxy) is 2. The molecule has 7 heteroatoms. The number of carbonyl (C=O) groups excluding carboxylic acids is 1. The monoisotopic (exact) mass is 416 g/mol. The molecule has 0 aliphatic carbocycles. The van der Waals surface area contributed by atoms with Crippen LogP contribution in [0.1, 0.15) is 19.4 Å². The lowest BCUT2D eigenvalue weighted by Crippen LogP contribution is -2.28. The molecule has 0 unspecified atom stereocenters. The lowest BCUT2D eigenvalue weighted by Gasteiger charge is -2.12. The number of hydrogen-bond acceptors (Lipinski definition) is 5. The van der Waals surface area contributed by atoms with Crippen molar-refractivity contribution in [1.29, 1.82) is 0 Å². The highest BCUT2D eigenvalue weighted by Crippen LogP contribution is 2.38. The first-order valence-corrected chi connectivity index (χ1v) is 10.1. The fourth-order valence-corrected chi connectivity index (χ4v) is 3.92. The maximum absolute atomic E-state index is 12.9. The van der Waals surface area contributed by atoms with E-state index in [4.69, 9.17) is 21.1 Å². The number of thioether (sulfide) groups is 1. The van der Waals surface area contributed by atoms with Crippen LogP contribution in [0.4, 0.5) is 5.69 Å². The number of halogens is 1. The topological polar surface area (TPSA) is 51.1 Å². The maximum Gasteiger partial charge on any atom is 0.266 e. The summed E-state index contributed by atoms with van der Waals surface area (Å²) in [6, 6.07) is 12.8. The Morgan fingerprint density at radius 1 is 1.18 bits per heavy atom. The summed E-state index contributed by atoms with van der Waals surface area (Å²) < 4.78 is 11.1. The number of amidine groups is 1. The van der Waals surface area contributed by atoms with Crippen molar-refractivity contribution in [3.05, 3.63) is 58.0 Å². The summed E-state index contributed by atoms with van der Waals surface area (Å²) in [5, 5.41) is 1.29. The van der Waals surface area contributed by atoms with E-state index in [0.29, 0.717) is 39.7 Å². The molecule has 1 aliphatic heterocycles. The number of likely N-dealkylation sites (N-methyl/N-ethyl adjacent to an activating group) is 1. The van der Waals surface area contributed by atoms with Crippen molar-refractivity contribution in [3.63, 3.8) is 0 Å². The van der Waals surface area contributed by atoms with E-state index in [1.807, 2.05) is 50.3 Å². The second-order valence-electron chi connectivity index (χ2n) is 5.84. The van der Waals surface area contributed by atoms with Gasteiger partial charge >= 0.3 is 0 Å². The molecule has 1 heterocycles. The van der Waals surface area contributed by atoms with E-state index in [2.05, 4.69) is 4.99 Å². The van der Waals surface area contributed by atoms with Gasteiger partial charge in [0.25, 0.3) is 5.91 Å². The molecule has 28 heavy (non-hydrogen) atoms. The van der Waals surface area contributed by atoms with Crippen molar-refractivity contribution >= 4 is 46.2 Å². The van der Waals surface area contributed by atoms with Gasteiger partial charge in [-0.15, -0.1) is 0 Å². The molecule has 146 valence electrons. The van der Waals surface area contributed by atoms with Gasteiger partial charge < -0.3 is 9.47 Å². The number of nitrogens with zero attached hydrogens (tertiary/aromatic N) is 2. The SMILES string of the molecule is CCOc1c(/C=C2/SC(=Nc3ccc(Cl)cc3)N(CC)C2=O)cccc1OC. The van der Waals surface area contributed by atoms with Crippen molar-refractivity contribution < 1.29 is 14.3 Å². The minimum atomic E-state index is -0.0783. The Bertz CT molecular complexity index is 926. The summed E-state index contributed by atoms with van der Waals surface area (Å²) in [6.45, 7) is 4.87. The van der Waals surface area contributed by atoms with Crippen LogP contribution in [0.3, 0.4) is 0 Å². The summed E-state index contributed by atoms with van der Waals surface area (Å²) in [5.41, 5.74) is 1.54. The first-order chi connectivity index (χ1) is 13.6. The van der Waals surface area contributed by atoms with Gasteiger partial charge in [-0.3, -0.25) is 9.69 Å². The van der Waals surface area contributed by atoms with Crippen LogP contribution < -0.4 is 9.47 Å². The van der Waals surface area contributed by atoms with Gasteiger partial charge in [-0.25, -0.2) is 4.99 Å². The minimum absolute atomic E-state index is 0.0783. The van der Waals surface area contributed by atoms with Crippen LogP contribution in [0.2, 0.25) is 5.02 Å². The van der Waals surface area contributed by atoms with E-state index < -0.39 is 0 Å². The molecular formula is C21H21ClN2O3S. The lowest BCUT2D eigenvalue weighted by molar-refractivity contribution is -0.122. The van der Waals surface area contributed by atoms with E-state index in [-0.39, 0.29) is 5.91 Å². The van der Waals surface area contributed by atoms with Gasteiger partial charge in [-0.05, 0) is 62.0 Å². The summed E-state index contributed by atoms with van der Waals surface area (Å²) in [4.78, 5) is 19.7. The zero-order valence-corrected chi connectivity index (χ0v) is 17.5. The second-order valence-corrected chi connectivity index (χ2v) is 7.29. The average Bonchev–Trinajstić information content (AvgIpc) is 2.99. The number of methoxy groups -OCH3 is 1. The predicted molar refractivity (Wildman–Crippen MR) is 116 cm³/mol. The molecule has 1 fully saturated rings. The first kappa shape index (κ1) is 20.3. The van der Waals surface area contributed by atoms with Crippen LogP contribution in [0.5, 0.6) is 11.5 Å². The van der Waals surface area contributed by atoms with Crippen molar-refractivity contribution in [3.8, 4) is 11.5 Å². The summed E-state index contributed by atoms with van der Waals surface area (Å²) in [7, 11) is 1.60. The Morgan fingerprint density at radius 2 is 1.93 bits per heavy atom. The summed E-state index contributed by atoms with van der Waals surface area (Å²) in [5.74, 6) is 1.18. The third-order valence-electron chi connectivity index (χ3n) is 4.06. The first-order valence-electron chi connectivity index (χ1n) is 8.92.